The van der Waals surface area contributed by atoms with Crippen molar-refractivity contribution in [2.75, 3.05) is 50.1 Å². The fourth-order valence-electron chi connectivity index (χ4n) is 6.64. The molecule has 1 aromatic heterocycles. The van der Waals surface area contributed by atoms with Crippen molar-refractivity contribution >= 4 is 32.3 Å². The van der Waals surface area contributed by atoms with Gasteiger partial charge in [0, 0.05) is 47.7 Å². The number of nitrogens with two attached hydrogens (primary N) is 1. The normalized spacial score (nSPS) is 21.0. The van der Waals surface area contributed by atoms with E-state index in [1.54, 1.807) is 18.2 Å². The number of nitrogens with one attached hydrogen (secondary N) is 2. The lowest BCUT2D eigenvalue weighted by molar-refractivity contribution is -0.200. The van der Waals surface area contributed by atoms with Gasteiger partial charge in [-0.15, -0.1) is 0 Å². The SMILES string of the molecule is N#CCOc1cc(S(N)(=O)=O)ccc1NCC#Cc1cc2c(N[C@H]3CC[C@H](N4CC5(COC5)C4)CC3)cccc2n1CC(F)(F)F. The number of benzene rings is 2. The second-order valence-electron chi connectivity index (χ2n) is 12.3. The maximum absolute atomic E-state index is 13.7. The Bertz CT molecular complexity index is 1800. The lowest BCUT2D eigenvalue weighted by Crippen LogP contribution is -2.68. The van der Waals surface area contributed by atoms with Crippen LogP contribution in [0.2, 0.25) is 0 Å². The molecular formula is C32H35F3N6O4S. The Morgan fingerprint density at radius 2 is 1.85 bits per heavy atom. The fraction of sp³-hybridized carbons (Fsp3) is 0.469. The number of nitrogens with zero attached hydrogens (tertiary/aromatic N) is 3. The van der Waals surface area contributed by atoms with Gasteiger partial charge in [0.2, 0.25) is 10.0 Å². The molecule has 14 heteroatoms. The molecule has 4 N–H and O–H groups in total. The van der Waals surface area contributed by atoms with E-state index in [1.165, 1.54) is 22.8 Å². The van der Waals surface area contributed by atoms with Crippen molar-refractivity contribution in [2.45, 2.75) is 55.4 Å². The van der Waals surface area contributed by atoms with Gasteiger partial charge in [0.15, 0.2) is 6.61 Å². The average molecular weight is 657 g/mol. The van der Waals surface area contributed by atoms with Gasteiger partial charge in [0.25, 0.3) is 0 Å². The number of halogens is 3. The molecule has 0 unspecified atom stereocenters. The van der Waals surface area contributed by atoms with Gasteiger partial charge in [0.1, 0.15) is 18.4 Å². The van der Waals surface area contributed by atoms with E-state index in [1.807, 2.05) is 12.1 Å². The summed E-state index contributed by atoms with van der Waals surface area (Å²) in [5.41, 5.74) is 2.17. The Labute approximate surface area is 265 Å². The van der Waals surface area contributed by atoms with Gasteiger partial charge < -0.3 is 24.7 Å². The summed E-state index contributed by atoms with van der Waals surface area (Å²) >= 11 is 0. The van der Waals surface area contributed by atoms with Crippen molar-refractivity contribution in [1.29, 1.82) is 5.26 Å². The summed E-state index contributed by atoms with van der Waals surface area (Å²) in [7, 11) is -4.01. The van der Waals surface area contributed by atoms with Crippen LogP contribution in [0.4, 0.5) is 24.5 Å². The first-order valence-electron chi connectivity index (χ1n) is 15.1. The standard InChI is InChI=1S/C32H35F3N6O4S/c33-32(34,35)19-41-24(3-2-13-38-28-11-10-25(46(37,42)43)16-30(28)45-14-12-36)15-26-27(4-1-5-29(26)41)39-22-6-8-23(9-7-22)40-17-31(18-40)20-44-21-31/h1,4-5,10-11,15-16,22-23,38-39H,6-9,13-14,17-21H2,(H2,37,42,43)/t22-,23-. The van der Waals surface area contributed by atoms with Crippen molar-refractivity contribution in [3.8, 4) is 23.7 Å². The summed E-state index contributed by atoms with van der Waals surface area (Å²) in [6.45, 7) is 2.45. The number of hydrogen-bond acceptors (Lipinski definition) is 8. The molecule has 1 spiro atoms. The largest absolute Gasteiger partial charge is 0.477 e. The van der Waals surface area contributed by atoms with Crippen LogP contribution in [0.3, 0.4) is 0 Å². The van der Waals surface area contributed by atoms with Gasteiger partial charge in [-0.3, -0.25) is 4.90 Å². The summed E-state index contributed by atoms with van der Waals surface area (Å²) < 4.78 is 76.4. The molecule has 0 atom stereocenters. The number of fused-ring (bicyclic) bond motifs is 1. The zero-order valence-corrected chi connectivity index (χ0v) is 25.9. The first-order chi connectivity index (χ1) is 21.9. The van der Waals surface area contributed by atoms with Crippen molar-refractivity contribution in [3.05, 3.63) is 48.2 Å². The van der Waals surface area contributed by atoms with Gasteiger partial charge in [-0.25, -0.2) is 13.6 Å². The number of ether oxygens (including phenoxy) is 2. The third-order valence-electron chi connectivity index (χ3n) is 8.91. The molecule has 3 aromatic rings. The second-order valence-corrected chi connectivity index (χ2v) is 13.9. The predicted octanol–water partition coefficient (Wildman–Crippen LogP) is 4.27. The topological polar surface area (TPSA) is 135 Å². The molecule has 0 amide bonds. The summed E-state index contributed by atoms with van der Waals surface area (Å²) in [4.78, 5) is 2.37. The molecule has 46 heavy (non-hydrogen) atoms. The van der Waals surface area contributed by atoms with Crippen LogP contribution in [0.25, 0.3) is 10.9 Å². The minimum absolute atomic E-state index is 0.00465. The van der Waals surface area contributed by atoms with Gasteiger partial charge in [0.05, 0.1) is 41.6 Å². The highest BCUT2D eigenvalue weighted by molar-refractivity contribution is 7.89. The van der Waals surface area contributed by atoms with Crippen LogP contribution >= 0.6 is 0 Å². The molecule has 10 nitrogen and oxygen atoms in total. The number of alkyl halides is 3. The summed E-state index contributed by atoms with van der Waals surface area (Å²) in [6, 6.07) is 13.5. The van der Waals surface area contributed by atoms with E-state index < -0.39 is 22.7 Å². The second kappa shape index (κ2) is 12.7. The van der Waals surface area contributed by atoms with Gasteiger partial charge in [-0.2, -0.15) is 18.4 Å². The summed E-state index contributed by atoms with van der Waals surface area (Å²) in [6.07, 6.45) is -0.321. The number of nitriles is 1. The van der Waals surface area contributed by atoms with E-state index in [-0.39, 0.29) is 35.5 Å². The Balaban J connectivity index is 1.16. The lowest BCUT2D eigenvalue weighted by Gasteiger charge is -2.58. The zero-order chi connectivity index (χ0) is 32.5. The van der Waals surface area contributed by atoms with E-state index in [2.05, 4.69) is 27.4 Å². The molecular weight excluding hydrogens is 621 g/mol. The first-order valence-corrected chi connectivity index (χ1v) is 16.6. The molecule has 3 fully saturated rings. The van der Waals surface area contributed by atoms with Gasteiger partial charge >= 0.3 is 6.18 Å². The molecule has 6 rings (SSSR count). The summed E-state index contributed by atoms with van der Waals surface area (Å²) in [5.74, 6) is 5.81. The highest BCUT2D eigenvalue weighted by Crippen LogP contribution is 2.41. The molecule has 2 aromatic carbocycles. The number of likely N-dealkylation sites (tertiary alicyclic amines) is 1. The molecule has 1 saturated carbocycles. The molecule has 0 radical (unpaired) electrons. The zero-order valence-electron chi connectivity index (χ0n) is 25.1. The van der Waals surface area contributed by atoms with Crippen LogP contribution in [-0.2, 0) is 21.3 Å². The molecule has 2 aliphatic heterocycles. The van der Waals surface area contributed by atoms with E-state index in [4.69, 9.17) is 19.9 Å². The van der Waals surface area contributed by atoms with Crippen LogP contribution < -0.4 is 20.5 Å². The van der Waals surface area contributed by atoms with Crippen LogP contribution in [0.15, 0.2) is 47.4 Å². The Morgan fingerprint density at radius 3 is 2.50 bits per heavy atom. The third kappa shape index (κ3) is 7.05. The van der Waals surface area contributed by atoms with Crippen LogP contribution in [-0.4, -0.2) is 75.6 Å². The van der Waals surface area contributed by atoms with Crippen molar-refractivity contribution in [3.63, 3.8) is 0 Å². The van der Waals surface area contributed by atoms with E-state index in [0.717, 1.165) is 57.7 Å². The van der Waals surface area contributed by atoms with Gasteiger partial charge in [-0.1, -0.05) is 12.0 Å². The number of hydrogen-bond donors (Lipinski definition) is 3. The van der Waals surface area contributed by atoms with Crippen molar-refractivity contribution in [1.82, 2.24) is 9.47 Å². The number of sulfonamides is 1. The highest BCUT2D eigenvalue weighted by atomic mass is 32.2. The Kier molecular flexibility index (Phi) is 8.83. The highest BCUT2D eigenvalue weighted by Gasteiger charge is 2.50. The quantitative estimate of drug-likeness (QED) is 0.291. The third-order valence-corrected chi connectivity index (χ3v) is 9.82. The number of anilines is 2. The van der Waals surface area contributed by atoms with Crippen molar-refractivity contribution in [2.24, 2.45) is 10.6 Å². The molecule has 3 aliphatic rings. The van der Waals surface area contributed by atoms with E-state index in [0.29, 0.717) is 28.0 Å². The van der Waals surface area contributed by atoms with E-state index >= 15 is 0 Å². The number of aromatic nitrogens is 1. The lowest BCUT2D eigenvalue weighted by atomic mass is 9.75. The Morgan fingerprint density at radius 1 is 1.09 bits per heavy atom. The number of rotatable bonds is 9. The number of primary sulfonamides is 1. The maximum Gasteiger partial charge on any atom is 0.406 e. The predicted molar refractivity (Wildman–Crippen MR) is 167 cm³/mol. The molecule has 3 heterocycles. The van der Waals surface area contributed by atoms with Crippen molar-refractivity contribution < 1.29 is 31.1 Å². The summed E-state index contributed by atoms with van der Waals surface area (Å²) in [5, 5.41) is 21.3. The van der Waals surface area contributed by atoms with Crippen LogP contribution in [0.5, 0.6) is 5.75 Å². The molecule has 1 aliphatic carbocycles. The molecule has 0 bridgehead atoms. The smallest absolute Gasteiger partial charge is 0.406 e. The minimum atomic E-state index is -4.46. The van der Waals surface area contributed by atoms with Gasteiger partial charge in [-0.05, 0) is 61.9 Å². The van der Waals surface area contributed by atoms with Crippen LogP contribution in [0, 0.1) is 28.6 Å². The van der Waals surface area contributed by atoms with Crippen LogP contribution in [0.1, 0.15) is 31.4 Å². The molecule has 2 saturated heterocycles. The minimum Gasteiger partial charge on any atom is -0.477 e. The first kappa shape index (κ1) is 32.0. The Hall–Kier alpha value is -3.95. The maximum atomic E-state index is 13.7. The monoisotopic (exact) mass is 656 g/mol. The van der Waals surface area contributed by atoms with E-state index in [9.17, 15) is 21.6 Å². The average Bonchev–Trinajstić information content (AvgIpc) is 3.30. The molecule has 244 valence electrons. The fourth-order valence-corrected chi connectivity index (χ4v) is 7.17.